The van der Waals surface area contributed by atoms with Gasteiger partial charge >= 0.3 is 0 Å². The third-order valence-corrected chi connectivity index (χ3v) is 4.07. The Hall–Kier alpha value is -1.99. The number of nitrogens with zero attached hydrogens (tertiary/aromatic N) is 1. The lowest BCUT2D eigenvalue weighted by Gasteiger charge is -2.20. The number of hydrogen-bond donors (Lipinski definition) is 0. The number of furan rings is 1. The SMILES string of the molecule is O=[N+]([O-])c1cc2c(c(CSCc3ccco3)c1)OCOC2. The van der Waals surface area contributed by atoms with E-state index >= 15 is 0 Å². The zero-order valence-corrected chi connectivity index (χ0v) is 11.9. The standard InChI is InChI=1S/C14H13NO5S/c16-15(17)12-4-10-6-18-9-20-14(10)11(5-12)7-21-8-13-2-1-3-19-13/h1-5H,6-9H2. The van der Waals surface area contributed by atoms with Gasteiger partial charge in [0, 0.05) is 29.0 Å². The van der Waals surface area contributed by atoms with Gasteiger partial charge in [-0.1, -0.05) is 0 Å². The van der Waals surface area contributed by atoms with Crippen LogP contribution in [0.1, 0.15) is 16.9 Å². The number of ether oxygens (including phenoxy) is 2. The summed E-state index contributed by atoms with van der Waals surface area (Å²) in [5.41, 5.74) is 1.61. The zero-order chi connectivity index (χ0) is 14.7. The van der Waals surface area contributed by atoms with Crippen molar-refractivity contribution in [1.82, 2.24) is 0 Å². The Balaban J connectivity index is 1.78. The molecule has 1 aliphatic heterocycles. The number of nitro groups is 1. The van der Waals surface area contributed by atoms with Crippen molar-refractivity contribution in [3.05, 3.63) is 57.5 Å². The maximum atomic E-state index is 11.0. The van der Waals surface area contributed by atoms with Crippen LogP contribution in [0.5, 0.6) is 5.75 Å². The monoisotopic (exact) mass is 307 g/mol. The number of fused-ring (bicyclic) bond motifs is 1. The van der Waals surface area contributed by atoms with Crippen LogP contribution in [0, 0.1) is 10.1 Å². The maximum absolute atomic E-state index is 11.0. The molecule has 0 N–H and O–H groups in total. The first kappa shape index (κ1) is 14.0. The molecule has 0 fully saturated rings. The van der Waals surface area contributed by atoms with Gasteiger partial charge in [0.1, 0.15) is 11.5 Å². The van der Waals surface area contributed by atoms with Gasteiger partial charge in [-0.3, -0.25) is 10.1 Å². The second kappa shape index (κ2) is 6.19. The second-order valence-electron chi connectivity index (χ2n) is 4.53. The zero-order valence-electron chi connectivity index (χ0n) is 11.1. The molecule has 7 heteroatoms. The molecule has 110 valence electrons. The smallest absolute Gasteiger partial charge is 0.270 e. The van der Waals surface area contributed by atoms with Crippen molar-refractivity contribution in [2.75, 3.05) is 6.79 Å². The Morgan fingerprint density at radius 1 is 1.33 bits per heavy atom. The second-order valence-corrected chi connectivity index (χ2v) is 5.52. The summed E-state index contributed by atoms with van der Waals surface area (Å²) in [6, 6.07) is 6.82. The third-order valence-electron chi connectivity index (χ3n) is 3.06. The predicted octanol–water partition coefficient (Wildman–Crippen LogP) is 3.49. The summed E-state index contributed by atoms with van der Waals surface area (Å²) in [7, 11) is 0. The van der Waals surface area contributed by atoms with Crippen molar-refractivity contribution in [1.29, 1.82) is 0 Å². The normalized spacial score (nSPS) is 13.5. The lowest BCUT2D eigenvalue weighted by molar-refractivity contribution is -0.385. The minimum Gasteiger partial charge on any atom is -0.468 e. The molecule has 2 aromatic rings. The van der Waals surface area contributed by atoms with Crippen molar-refractivity contribution in [2.45, 2.75) is 18.1 Å². The summed E-state index contributed by atoms with van der Waals surface area (Å²) >= 11 is 1.62. The van der Waals surface area contributed by atoms with Crippen molar-refractivity contribution >= 4 is 17.4 Å². The molecule has 0 bridgehead atoms. The van der Waals surface area contributed by atoms with E-state index in [-0.39, 0.29) is 12.5 Å². The average Bonchev–Trinajstić information content (AvgIpc) is 3.00. The van der Waals surface area contributed by atoms with Crippen LogP contribution in [0.3, 0.4) is 0 Å². The van der Waals surface area contributed by atoms with Crippen LogP contribution in [0.4, 0.5) is 5.69 Å². The van der Waals surface area contributed by atoms with E-state index in [1.165, 1.54) is 6.07 Å². The summed E-state index contributed by atoms with van der Waals surface area (Å²) in [5, 5.41) is 11.0. The van der Waals surface area contributed by atoms with Crippen LogP contribution in [0.25, 0.3) is 0 Å². The molecule has 1 aromatic carbocycles. The third kappa shape index (κ3) is 3.20. The highest BCUT2D eigenvalue weighted by Crippen LogP contribution is 2.35. The fourth-order valence-corrected chi connectivity index (χ4v) is 3.05. The van der Waals surface area contributed by atoms with Crippen LogP contribution in [0.2, 0.25) is 0 Å². The quantitative estimate of drug-likeness (QED) is 0.622. The van der Waals surface area contributed by atoms with E-state index in [2.05, 4.69) is 0 Å². The van der Waals surface area contributed by atoms with Crippen molar-refractivity contribution in [3.8, 4) is 5.75 Å². The lowest BCUT2D eigenvalue weighted by Crippen LogP contribution is -2.13. The molecule has 1 aromatic heterocycles. The maximum Gasteiger partial charge on any atom is 0.270 e. The van der Waals surface area contributed by atoms with Gasteiger partial charge in [0.25, 0.3) is 5.69 Å². The number of hydrogen-bond acceptors (Lipinski definition) is 6. The number of non-ortho nitro benzene ring substituents is 1. The van der Waals surface area contributed by atoms with E-state index in [9.17, 15) is 10.1 Å². The Kier molecular flexibility index (Phi) is 4.12. The van der Waals surface area contributed by atoms with Crippen molar-refractivity contribution in [2.24, 2.45) is 0 Å². The minimum absolute atomic E-state index is 0.0662. The number of thioether (sulfide) groups is 1. The number of nitro benzene ring substituents is 1. The van der Waals surface area contributed by atoms with Gasteiger partial charge in [-0.25, -0.2) is 0 Å². The van der Waals surface area contributed by atoms with E-state index in [0.29, 0.717) is 23.9 Å². The summed E-state index contributed by atoms with van der Waals surface area (Å²) in [4.78, 5) is 10.6. The molecule has 0 spiro atoms. The lowest BCUT2D eigenvalue weighted by atomic mass is 10.1. The van der Waals surface area contributed by atoms with Gasteiger partial charge < -0.3 is 13.9 Å². The summed E-state index contributed by atoms with van der Waals surface area (Å²) in [6.07, 6.45) is 1.63. The van der Waals surface area contributed by atoms with Crippen LogP contribution in [-0.4, -0.2) is 11.7 Å². The van der Waals surface area contributed by atoms with Crippen LogP contribution < -0.4 is 4.74 Å². The highest BCUT2D eigenvalue weighted by atomic mass is 32.2. The van der Waals surface area contributed by atoms with E-state index in [0.717, 1.165) is 16.9 Å². The number of rotatable bonds is 5. The number of benzene rings is 1. The molecule has 3 rings (SSSR count). The Morgan fingerprint density at radius 2 is 2.24 bits per heavy atom. The topological polar surface area (TPSA) is 74.7 Å². The van der Waals surface area contributed by atoms with E-state index in [1.54, 1.807) is 24.1 Å². The van der Waals surface area contributed by atoms with Crippen LogP contribution in [0.15, 0.2) is 34.9 Å². The van der Waals surface area contributed by atoms with Gasteiger partial charge in [-0.15, -0.1) is 11.8 Å². The average molecular weight is 307 g/mol. The molecule has 2 heterocycles. The summed E-state index contributed by atoms with van der Waals surface area (Å²) < 4.78 is 15.9. The Labute approximate surface area is 125 Å². The molecule has 0 atom stereocenters. The summed E-state index contributed by atoms with van der Waals surface area (Å²) in [5.74, 6) is 2.91. The van der Waals surface area contributed by atoms with E-state index in [4.69, 9.17) is 13.9 Å². The fourth-order valence-electron chi connectivity index (χ4n) is 2.15. The van der Waals surface area contributed by atoms with E-state index in [1.807, 2.05) is 12.1 Å². The first-order chi connectivity index (χ1) is 10.2. The molecule has 0 radical (unpaired) electrons. The van der Waals surface area contributed by atoms with Crippen molar-refractivity contribution in [3.63, 3.8) is 0 Å². The molecule has 21 heavy (non-hydrogen) atoms. The molecule has 0 saturated heterocycles. The van der Waals surface area contributed by atoms with Crippen LogP contribution >= 0.6 is 11.8 Å². The van der Waals surface area contributed by atoms with Gasteiger partial charge in [0.2, 0.25) is 0 Å². The molecule has 1 aliphatic rings. The summed E-state index contributed by atoms with van der Waals surface area (Å²) in [6.45, 7) is 0.521. The Morgan fingerprint density at radius 3 is 3.00 bits per heavy atom. The molecule has 0 aliphatic carbocycles. The van der Waals surface area contributed by atoms with Gasteiger partial charge in [-0.2, -0.15) is 0 Å². The molecular weight excluding hydrogens is 294 g/mol. The van der Waals surface area contributed by atoms with Gasteiger partial charge in [0.05, 0.1) is 23.5 Å². The molecular formula is C14H13NO5S. The minimum atomic E-state index is -0.393. The van der Waals surface area contributed by atoms with Crippen LogP contribution in [-0.2, 0) is 22.8 Å². The predicted molar refractivity (Wildman–Crippen MR) is 77.1 cm³/mol. The molecule has 0 unspecified atom stereocenters. The Bertz CT molecular complexity index is 641. The first-order valence-electron chi connectivity index (χ1n) is 6.35. The van der Waals surface area contributed by atoms with Crippen molar-refractivity contribution < 1.29 is 18.8 Å². The van der Waals surface area contributed by atoms with Gasteiger partial charge in [0.15, 0.2) is 6.79 Å². The van der Waals surface area contributed by atoms with E-state index < -0.39 is 4.92 Å². The molecule has 0 amide bonds. The highest BCUT2D eigenvalue weighted by molar-refractivity contribution is 7.97. The first-order valence-corrected chi connectivity index (χ1v) is 7.50. The van der Waals surface area contributed by atoms with Gasteiger partial charge in [-0.05, 0) is 12.1 Å². The fraction of sp³-hybridized carbons (Fsp3) is 0.286. The highest BCUT2D eigenvalue weighted by Gasteiger charge is 2.20. The molecule has 6 nitrogen and oxygen atoms in total. The molecule has 0 saturated carbocycles. The largest absolute Gasteiger partial charge is 0.468 e.